The molecule has 0 unspecified atom stereocenters. The predicted octanol–water partition coefficient (Wildman–Crippen LogP) is 3.56. The Balaban J connectivity index is 1.51. The van der Waals surface area contributed by atoms with Crippen molar-refractivity contribution in [2.24, 2.45) is 16.6 Å². The quantitative estimate of drug-likeness (QED) is 0.657. The number of aliphatic imine (C=N–C) groups is 1. The summed E-state index contributed by atoms with van der Waals surface area (Å²) in [6, 6.07) is 5.54. The molecular weight excluding hydrogens is 409 g/mol. The van der Waals surface area contributed by atoms with Gasteiger partial charge in [0.1, 0.15) is 5.75 Å². The Hall–Kier alpha value is -2.10. The van der Waals surface area contributed by atoms with Gasteiger partial charge in [0.15, 0.2) is 0 Å². The molecule has 0 radical (unpaired) electrons. The van der Waals surface area contributed by atoms with Gasteiger partial charge in [-0.2, -0.15) is 0 Å². The van der Waals surface area contributed by atoms with Gasteiger partial charge in [-0.25, -0.2) is 0 Å². The SMILES string of the molecule is CC(=Nc1ccc(OC(F)(F)F)cc1)/C(=C\N)C1CCN(CCN2CCOCC2)CC1. The number of likely N-dealkylation sites (tertiary alicyclic amines) is 1. The highest BCUT2D eigenvalue weighted by atomic mass is 19.4. The van der Waals surface area contributed by atoms with E-state index >= 15 is 0 Å². The van der Waals surface area contributed by atoms with E-state index in [9.17, 15) is 13.2 Å². The lowest BCUT2D eigenvalue weighted by molar-refractivity contribution is -0.274. The van der Waals surface area contributed by atoms with E-state index in [0.29, 0.717) is 11.6 Å². The van der Waals surface area contributed by atoms with E-state index in [0.717, 1.165) is 76.6 Å². The van der Waals surface area contributed by atoms with Gasteiger partial charge in [0.05, 0.1) is 18.9 Å². The molecule has 3 rings (SSSR count). The van der Waals surface area contributed by atoms with Crippen LogP contribution in [0.25, 0.3) is 0 Å². The fourth-order valence-corrected chi connectivity index (χ4v) is 4.11. The lowest BCUT2D eigenvalue weighted by atomic mass is 9.87. The summed E-state index contributed by atoms with van der Waals surface area (Å²) in [6.07, 6.45) is -1.06. The molecule has 0 amide bonds. The maximum absolute atomic E-state index is 12.3. The third-order valence-corrected chi connectivity index (χ3v) is 5.83. The molecule has 0 bridgehead atoms. The van der Waals surface area contributed by atoms with Crippen molar-refractivity contribution in [1.82, 2.24) is 9.80 Å². The van der Waals surface area contributed by atoms with Crippen LogP contribution >= 0.6 is 0 Å². The number of morpholine rings is 1. The summed E-state index contributed by atoms with van der Waals surface area (Å²) in [5.41, 5.74) is 8.28. The Kier molecular flexibility index (Phi) is 8.34. The predicted molar refractivity (Wildman–Crippen MR) is 115 cm³/mol. The first kappa shape index (κ1) is 23.6. The maximum Gasteiger partial charge on any atom is 0.573 e. The number of rotatable bonds is 7. The van der Waals surface area contributed by atoms with Crippen molar-refractivity contribution < 1.29 is 22.6 Å². The highest BCUT2D eigenvalue weighted by Crippen LogP contribution is 2.28. The molecule has 0 spiro atoms. The van der Waals surface area contributed by atoms with E-state index in [2.05, 4.69) is 19.5 Å². The smallest absolute Gasteiger partial charge is 0.406 e. The van der Waals surface area contributed by atoms with Crippen LogP contribution < -0.4 is 10.5 Å². The molecule has 9 heteroatoms. The van der Waals surface area contributed by atoms with Crippen molar-refractivity contribution in [2.75, 3.05) is 52.5 Å². The van der Waals surface area contributed by atoms with Gasteiger partial charge in [-0.3, -0.25) is 9.89 Å². The topological polar surface area (TPSA) is 63.3 Å². The summed E-state index contributed by atoms with van der Waals surface area (Å²) >= 11 is 0. The van der Waals surface area contributed by atoms with Crippen LogP contribution in [0.2, 0.25) is 0 Å². The monoisotopic (exact) mass is 440 g/mol. The molecule has 2 aliphatic heterocycles. The molecule has 172 valence electrons. The minimum atomic E-state index is -4.70. The molecule has 1 aromatic carbocycles. The summed E-state index contributed by atoms with van der Waals surface area (Å²) in [7, 11) is 0. The molecule has 6 nitrogen and oxygen atoms in total. The van der Waals surface area contributed by atoms with E-state index in [-0.39, 0.29) is 5.75 Å². The Morgan fingerprint density at radius 3 is 2.23 bits per heavy atom. The average molecular weight is 441 g/mol. The van der Waals surface area contributed by atoms with Crippen LogP contribution in [0.1, 0.15) is 19.8 Å². The second kappa shape index (κ2) is 11.0. The normalized spacial score (nSPS) is 20.8. The summed E-state index contributed by atoms with van der Waals surface area (Å²) in [5.74, 6) is 0.0735. The number of benzene rings is 1. The Morgan fingerprint density at radius 2 is 1.68 bits per heavy atom. The third-order valence-electron chi connectivity index (χ3n) is 5.83. The van der Waals surface area contributed by atoms with Gasteiger partial charge in [0.2, 0.25) is 0 Å². The lowest BCUT2D eigenvalue weighted by Gasteiger charge is -2.35. The van der Waals surface area contributed by atoms with Crippen LogP contribution in [-0.2, 0) is 4.74 Å². The van der Waals surface area contributed by atoms with Crippen LogP contribution in [0.3, 0.4) is 0 Å². The fourth-order valence-electron chi connectivity index (χ4n) is 4.11. The molecule has 2 saturated heterocycles. The maximum atomic E-state index is 12.3. The molecule has 31 heavy (non-hydrogen) atoms. The number of hydrogen-bond acceptors (Lipinski definition) is 6. The molecule has 2 aliphatic rings. The Labute approximate surface area is 181 Å². The van der Waals surface area contributed by atoms with Crippen LogP contribution in [0.5, 0.6) is 5.75 Å². The second-order valence-electron chi connectivity index (χ2n) is 7.93. The number of hydrogen-bond donors (Lipinski definition) is 1. The Bertz CT molecular complexity index is 751. The zero-order chi connectivity index (χ0) is 22.3. The molecule has 0 aromatic heterocycles. The molecule has 2 heterocycles. The van der Waals surface area contributed by atoms with Gasteiger partial charge >= 0.3 is 6.36 Å². The minimum absolute atomic E-state index is 0.261. The molecular formula is C22H31F3N4O2. The first-order valence-electron chi connectivity index (χ1n) is 10.7. The van der Waals surface area contributed by atoms with Gasteiger partial charge < -0.3 is 20.1 Å². The zero-order valence-electron chi connectivity index (χ0n) is 17.9. The minimum Gasteiger partial charge on any atom is -0.406 e. The summed E-state index contributed by atoms with van der Waals surface area (Å²) in [5, 5.41) is 0. The number of nitrogens with two attached hydrogens (primary N) is 1. The number of halogens is 3. The van der Waals surface area contributed by atoms with E-state index in [1.165, 1.54) is 24.3 Å². The molecule has 2 N–H and O–H groups in total. The summed E-state index contributed by atoms with van der Waals surface area (Å²) < 4.78 is 46.2. The number of nitrogens with zero attached hydrogens (tertiary/aromatic N) is 3. The molecule has 2 fully saturated rings. The van der Waals surface area contributed by atoms with Crippen molar-refractivity contribution in [3.63, 3.8) is 0 Å². The van der Waals surface area contributed by atoms with Gasteiger partial charge in [0, 0.05) is 31.9 Å². The van der Waals surface area contributed by atoms with Gasteiger partial charge in [0.25, 0.3) is 0 Å². The molecule has 0 aliphatic carbocycles. The van der Waals surface area contributed by atoms with Crippen LogP contribution in [0.15, 0.2) is 41.0 Å². The van der Waals surface area contributed by atoms with Crippen molar-refractivity contribution in [1.29, 1.82) is 0 Å². The largest absolute Gasteiger partial charge is 0.573 e. The van der Waals surface area contributed by atoms with E-state index < -0.39 is 6.36 Å². The van der Waals surface area contributed by atoms with Crippen molar-refractivity contribution in [3.05, 3.63) is 36.0 Å². The van der Waals surface area contributed by atoms with Crippen molar-refractivity contribution >= 4 is 11.4 Å². The molecule has 0 saturated carbocycles. The van der Waals surface area contributed by atoms with Crippen molar-refractivity contribution in [2.45, 2.75) is 26.1 Å². The van der Waals surface area contributed by atoms with Crippen LogP contribution in [0, 0.1) is 5.92 Å². The van der Waals surface area contributed by atoms with E-state index in [1.807, 2.05) is 6.92 Å². The van der Waals surface area contributed by atoms with Crippen LogP contribution in [-0.4, -0.2) is 74.4 Å². The van der Waals surface area contributed by atoms with Crippen LogP contribution in [0.4, 0.5) is 18.9 Å². The molecule has 1 aromatic rings. The second-order valence-corrected chi connectivity index (χ2v) is 7.93. The fraction of sp³-hybridized carbons (Fsp3) is 0.591. The molecule has 0 atom stereocenters. The number of alkyl halides is 3. The first-order chi connectivity index (χ1) is 14.8. The number of ether oxygens (including phenoxy) is 2. The van der Waals surface area contributed by atoms with Gasteiger partial charge in [-0.15, -0.1) is 13.2 Å². The average Bonchev–Trinajstić information content (AvgIpc) is 2.75. The zero-order valence-corrected chi connectivity index (χ0v) is 17.9. The summed E-state index contributed by atoms with van der Waals surface area (Å²) in [4.78, 5) is 9.50. The van der Waals surface area contributed by atoms with Gasteiger partial charge in [-0.05, 0) is 74.8 Å². The highest BCUT2D eigenvalue weighted by molar-refractivity contribution is 6.00. The third kappa shape index (κ3) is 7.52. The van der Waals surface area contributed by atoms with E-state index in [1.54, 1.807) is 6.20 Å². The van der Waals surface area contributed by atoms with E-state index in [4.69, 9.17) is 10.5 Å². The highest BCUT2D eigenvalue weighted by Gasteiger charge is 2.31. The lowest BCUT2D eigenvalue weighted by Crippen LogP contribution is -2.43. The number of piperidine rings is 1. The number of allylic oxidation sites excluding steroid dienone is 1. The Morgan fingerprint density at radius 1 is 1.10 bits per heavy atom. The summed E-state index contributed by atoms with van der Waals surface area (Å²) in [6.45, 7) is 9.73. The first-order valence-corrected chi connectivity index (χ1v) is 10.7. The standard InChI is InChI=1S/C22H31F3N4O2/c1-17(27-19-2-4-20(5-3-19)31-22(23,24)25)21(16-26)18-6-8-28(9-7-18)10-11-29-12-14-30-15-13-29/h2-5,16,18H,6-15,26H2,1H3/b21-16+,27-17?. The van der Waals surface area contributed by atoms with Crippen molar-refractivity contribution in [3.8, 4) is 5.75 Å². The van der Waals surface area contributed by atoms with Gasteiger partial charge in [-0.1, -0.05) is 0 Å².